The molecule has 0 aliphatic heterocycles. The Balaban J connectivity index is 2.34. The lowest BCUT2D eigenvalue weighted by Crippen LogP contribution is -2.28. The van der Waals surface area contributed by atoms with E-state index in [0.29, 0.717) is 12.0 Å². The molecule has 1 heterocycles. The molecule has 0 spiro atoms. The van der Waals surface area contributed by atoms with Crippen molar-refractivity contribution in [2.45, 2.75) is 32.1 Å². The molecule has 1 N–H and O–H groups in total. The van der Waals surface area contributed by atoms with Gasteiger partial charge in [0.1, 0.15) is 5.75 Å². The van der Waals surface area contributed by atoms with Gasteiger partial charge in [0, 0.05) is 16.9 Å². The van der Waals surface area contributed by atoms with Crippen LogP contribution in [0.15, 0.2) is 47.8 Å². The summed E-state index contributed by atoms with van der Waals surface area (Å²) in [5, 5.41) is 10.5. The molecule has 21 heavy (non-hydrogen) atoms. The standard InChI is InChI=1S/C18H19NO2/c1-2-8-15-17(20)14-11-6-7-12-16(14)19(18(15)21)13-9-4-3-5-10-13/h2-5,9-10,20H,1,6-8,11-12H2. The second-order valence-corrected chi connectivity index (χ2v) is 5.43. The van der Waals surface area contributed by atoms with Crippen LogP contribution in [0.1, 0.15) is 29.7 Å². The van der Waals surface area contributed by atoms with Gasteiger partial charge in [-0.15, -0.1) is 6.58 Å². The van der Waals surface area contributed by atoms with E-state index in [0.717, 1.165) is 42.6 Å². The molecule has 3 rings (SSSR count). The molecule has 0 saturated heterocycles. The number of hydrogen-bond donors (Lipinski definition) is 1. The first-order chi connectivity index (χ1) is 10.2. The molecule has 1 aromatic carbocycles. The molecule has 0 bridgehead atoms. The van der Waals surface area contributed by atoms with Crippen molar-refractivity contribution < 1.29 is 5.11 Å². The van der Waals surface area contributed by atoms with Gasteiger partial charge in [-0.2, -0.15) is 0 Å². The normalized spacial score (nSPS) is 13.7. The third-order valence-electron chi connectivity index (χ3n) is 4.10. The Morgan fingerprint density at radius 2 is 1.90 bits per heavy atom. The predicted octanol–water partition coefficient (Wildman–Crippen LogP) is 3.15. The second kappa shape index (κ2) is 5.60. The number of fused-ring (bicyclic) bond motifs is 1. The van der Waals surface area contributed by atoms with Gasteiger partial charge in [-0.05, 0) is 44.2 Å². The van der Waals surface area contributed by atoms with E-state index in [2.05, 4.69) is 6.58 Å². The largest absolute Gasteiger partial charge is 0.507 e. The first-order valence-electron chi connectivity index (χ1n) is 7.39. The van der Waals surface area contributed by atoms with Crippen LogP contribution in [-0.4, -0.2) is 9.67 Å². The van der Waals surface area contributed by atoms with Crippen molar-refractivity contribution in [1.29, 1.82) is 0 Å². The van der Waals surface area contributed by atoms with E-state index in [1.54, 1.807) is 10.6 Å². The number of nitrogens with zero attached hydrogens (tertiary/aromatic N) is 1. The van der Waals surface area contributed by atoms with E-state index in [9.17, 15) is 9.90 Å². The van der Waals surface area contributed by atoms with Crippen LogP contribution >= 0.6 is 0 Å². The van der Waals surface area contributed by atoms with Crippen molar-refractivity contribution in [2.24, 2.45) is 0 Å². The summed E-state index contributed by atoms with van der Waals surface area (Å²) >= 11 is 0. The number of hydrogen-bond acceptors (Lipinski definition) is 2. The molecule has 0 amide bonds. The Labute approximate surface area is 124 Å². The zero-order valence-corrected chi connectivity index (χ0v) is 12.0. The van der Waals surface area contributed by atoms with Crippen LogP contribution in [0.2, 0.25) is 0 Å². The highest BCUT2D eigenvalue weighted by Crippen LogP contribution is 2.31. The van der Waals surface area contributed by atoms with E-state index >= 15 is 0 Å². The van der Waals surface area contributed by atoms with Crippen LogP contribution in [-0.2, 0) is 19.3 Å². The van der Waals surface area contributed by atoms with E-state index in [1.807, 2.05) is 30.3 Å². The van der Waals surface area contributed by atoms with Crippen LogP contribution in [0.4, 0.5) is 0 Å². The van der Waals surface area contributed by atoms with Gasteiger partial charge < -0.3 is 5.11 Å². The van der Waals surface area contributed by atoms with E-state index < -0.39 is 0 Å². The smallest absolute Gasteiger partial charge is 0.262 e. The fourth-order valence-electron chi connectivity index (χ4n) is 3.11. The fraction of sp³-hybridized carbons (Fsp3) is 0.278. The van der Waals surface area contributed by atoms with Gasteiger partial charge in [0.05, 0.1) is 5.56 Å². The van der Waals surface area contributed by atoms with E-state index in [1.165, 1.54) is 0 Å². The van der Waals surface area contributed by atoms with Crippen LogP contribution < -0.4 is 5.56 Å². The molecular weight excluding hydrogens is 262 g/mol. The highest BCUT2D eigenvalue weighted by Gasteiger charge is 2.23. The summed E-state index contributed by atoms with van der Waals surface area (Å²) in [6.07, 6.45) is 5.84. The maximum absolute atomic E-state index is 12.8. The summed E-state index contributed by atoms with van der Waals surface area (Å²) in [5.41, 5.74) is 3.09. The van der Waals surface area contributed by atoms with Gasteiger partial charge in [0.15, 0.2) is 0 Å². The average Bonchev–Trinajstić information content (AvgIpc) is 2.53. The molecule has 0 atom stereocenters. The molecule has 3 heteroatoms. The van der Waals surface area contributed by atoms with Crippen molar-refractivity contribution in [3.63, 3.8) is 0 Å². The lowest BCUT2D eigenvalue weighted by Gasteiger charge is -2.24. The lowest BCUT2D eigenvalue weighted by molar-refractivity contribution is 0.449. The average molecular weight is 281 g/mol. The molecule has 1 aliphatic carbocycles. The summed E-state index contributed by atoms with van der Waals surface area (Å²) < 4.78 is 1.77. The number of allylic oxidation sites excluding steroid dienone is 1. The molecule has 0 radical (unpaired) electrons. The van der Waals surface area contributed by atoms with Crippen LogP contribution in [0.25, 0.3) is 5.69 Å². The summed E-state index contributed by atoms with van der Waals surface area (Å²) in [6.45, 7) is 3.69. The highest BCUT2D eigenvalue weighted by atomic mass is 16.3. The number of benzene rings is 1. The van der Waals surface area contributed by atoms with Crippen molar-refractivity contribution in [1.82, 2.24) is 4.57 Å². The summed E-state index contributed by atoms with van der Waals surface area (Å²) in [7, 11) is 0. The molecule has 0 fully saturated rings. The monoisotopic (exact) mass is 281 g/mol. The first-order valence-corrected chi connectivity index (χ1v) is 7.39. The quantitative estimate of drug-likeness (QED) is 0.878. The van der Waals surface area contributed by atoms with Gasteiger partial charge in [0.2, 0.25) is 0 Å². The Hall–Kier alpha value is -2.29. The Morgan fingerprint density at radius 3 is 2.62 bits per heavy atom. The van der Waals surface area contributed by atoms with Crippen LogP contribution in [0, 0.1) is 0 Å². The van der Waals surface area contributed by atoms with Gasteiger partial charge in [-0.1, -0.05) is 24.3 Å². The van der Waals surface area contributed by atoms with Crippen molar-refractivity contribution in [2.75, 3.05) is 0 Å². The molecule has 2 aromatic rings. The maximum atomic E-state index is 12.8. The minimum atomic E-state index is -0.126. The summed E-state index contributed by atoms with van der Waals surface area (Å²) in [6, 6.07) is 9.66. The van der Waals surface area contributed by atoms with Gasteiger partial charge in [0.25, 0.3) is 5.56 Å². The molecule has 0 unspecified atom stereocenters. The predicted molar refractivity (Wildman–Crippen MR) is 84.2 cm³/mol. The molecule has 3 nitrogen and oxygen atoms in total. The minimum Gasteiger partial charge on any atom is -0.507 e. The molecule has 1 aliphatic rings. The van der Waals surface area contributed by atoms with E-state index in [-0.39, 0.29) is 11.3 Å². The van der Waals surface area contributed by atoms with E-state index in [4.69, 9.17) is 0 Å². The maximum Gasteiger partial charge on any atom is 0.262 e. The summed E-state index contributed by atoms with van der Waals surface area (Å²) in [5.74, 6) is 0.182. The Kier molecular flexibility index (Phi) is 3.65. The Morgan fingerprint density at radius 1 is 1.19 bits per heavy atom. The fourth-order valence-corrected chi connectivity index (χ4v) is 3.11. The zero-order chi connectivity index (χ0) is 14.8. The number of aromatic hydroxyl groups is 1. The second-order valence-electron chi connectivity index (χ2n) is 5.43. The van der Waals surface area contributed by atoms with Crippen molar-refractivity contribution in [3.8, 4) is 11.4 Å². The van der Waals surface area contributed by atoms with Gasteiger partial charge in [-0.25, -0.2) is 0 Å². The van der Waals surface area contributed by atoms with Crippen LogP contribution in [0.3, 0.4) is 0 Å². The molecule has 0 saturated carbocycles. The SMILES string of the molecule is C=CCc1c(O)c2c(n(-c3ccccc3)c1=O)CCCC2. The van der Waals surface area contributed by atoms with Gasteiger partial charge >= 0.3 is 0 Å². The van der Waals surface area contributed by atoms with Crippen molar-refractivity contribution in [3.05, 3.63) is 70.2 Å². The molecular formula is C18H19NO2. The van der Waals surface area contributed by atoms with Gasteiger partial charge in [-0.3, -0.25) is 9.36 Å². The minimum absolute atomic E-state index is 0.126. The number of para-hydroxylation sites is 1. The number of pyridine rings is 1. The first kappa shape index (κ1) is 13.7. The van der Waals surface area contributed by atoms with Crippen molar-refractivity contribution >= 4 is 0 Å². The highest BCUT2D eigenvalue weighted by molar-refractivity contribution is 5.48. The van der Waals surface area contributed by atoms with Crippen LogP contribution in [0.5, 0.6) is 5.75 Å². The molecule has 1 aromatic heterocycles. The summed E-state index contributed by atoms with van der Waals surface area (Å²) in [4.78, 5) is 12.8. The number of aromatic nitrogens is 1. The third kappa shape index (κ3) is 2.29. The zero-order valence-electron chi connectivity index (χ0n) is 12.0. The third-order valence-corrected chi connectivity index (χ3v) is 4.10. The topological polar surface area (TPSA) is 42.2 Å². The number of rotatable bonds is 3. The molecule has 108 valence electrons. The Bertz CT molecular complexity index is 729. The lowest BCUT2D eigenvalue weighted by atomic mass is 9.92.